The SMILES string of the molecule is C#Cc1csc(NCC)n1. The van der Waals surface area contributed by atoms with E-state index in [0.29, 0.717) is 5.69 Å². The Balaban J connectivity index is 2.71. The molecule has 0 saturated carbocycles. The second-order valence-corrected chi connectivity index (χ2v) is 2.57. The molecule has 0 radical (unpaired) electrons. The highest BCUT2D eigenvalue weighted by Crippen LogP contribution is 2.13. The first-order valence-electron chi connectivity index (χ1n) is 3.03. The molecule has 1 aromatic heterocycles. The summed E-state index contributed by atoms with van der Waals surface area (Å²) in [5.74, 6) is 2.47. The lowest BCUT2D eigenvalue weighted by atomic mass is 10.5. The van der Waals surface area contributed by atoms with Crippen LogP contribution in [0.25, 0.3) is 0 Å². The van der Waals surface area contributed by atoms with Gasteiger partial charge in [0.05, 0.1) is 0 Å². The van der Waals surface area contributed by atoms with Crippen LogP contribution in [-0.2, 0) is 0 Å². The first-order chi connectivity index (χ1) is 4.86. The fourth-order valence-electron chi connectivity index (χ4n) is 0.572. The molecule has 0 unspecified atom stereocenters. The van der Waals surface area contributed by atoms with Crippen LogP contribution in [-0.4, -0.2) is 11.5 Å². The number of hydrogen-bond donors (Lipinski definition) is 1. The predicted octanol–water partition coefficient (Wildman–Crippen LogP) is 1.56. The van der Waals surface area contributed by atoms with E-state index < -0.39 is 0 Å². The lowest BCUT2D eigenvalue weighted by molar-refractivity contribution is 1.18. The van der Waals surface area contributed by atoms with Crippen molar-refractivity contribution >= 4 is 16.5 Å². The zero-order valence-corrected chi connectivity index (χ0v) is 6.53. The Hall–Kier alpha value is -1.01. The highest BCUT2D eigenvalue weighted by atomic mass is 32.1. The van der Waals surface area contributed by atoms with Gasteiger partial charge < -0.3 is 5.32 Å². The molecule has 0 aromatic carbocycles. The molecule has 1 heterocycles. The smallest absolute Gasteiger partial charge is 0.183 e. The van der Waals surface area contributed by atoms with Gasteiger partial charge >= 0.3 is 0 Å². The van der Waals surface area contributed by atoms with Gasteiger partial charge in [-0.3, -0.25) is 0 Å². The van der Waals surface area contributed by atoms with E-state index in [1.54, 1.807) is 0 Å². The van der Waals surface area contributed by atoms with Crippen molar-refractivity contribution in [3.8, 4) is 12.3 Å². The molecule has 0 aliphatic heterocycles. The third-order valence-electron chi connectivity index (χ3n) is 0.980. The summed E-state index contributed by atoms with van der Waals surface area (Å²) in [5.41, 5.74) is 0.709. The van der Waals surface area contributed by atoms with E-state index in [4.69, 9.17) is 6.42 Å². The Morgan fingerprint density at radius 2 is 2.70 bits per heavy atom. The number of terminal acetylenes is 1. The normalized spacial score (nSPS) is 8.80. The van der Waals surface area contributed by atoms with Crippen LogP contribution in [0.4, 0.5) is 5.13 Å². The van der Waals surface area contributed by atoms with E-state index in [1.807, 2.05) is 12.3 Å². The molecular weight excluding hydrogens is 144 g/mol. The highest BCUT2D eigenvalue weighted by Gasteiger charge is 1.94. The van der Waals surface area contributed by atoms with Gasteiger partial charge in [-0.2, -0.15) is 0 Å². The Morgan fingerprint density at radius 3 is 3.20 bits per heavy atom. The van der Waals surface area contributed by atoms with Gasteiger partial charge in [0.1, 0.15) is 5.69 Å². The van der Waals surface area contributed by atoms with Crippen molar-refractivity contribution in [3.63, 3.8) is 0 Å². The largest absolute Gasteiger partial charge is 0.362 e. The average molecular weight is 152 g/mol. The van der Waals surface area contributed by atoms with Crippen molar-refractivity contribution in [1.29, 1.82) is 0 Å². The summed E-state index contributed by atoms with van der Waals surface area (Å²) in [4.78, 5) is 4.09. The standard InChI is InChI=1S/C7H8N2S/c1-3-6-5-10-7(9-6)8-4-2/h1,5H,4H2,2H3,(H,8,9). The lowest BCUT2D eigenvalue weighted by Crippen LogP contribution is -1.94. The molecule has 3 heteroatoms. The molecule has 1 aromatic rings. The summed E-state index contributed by atoms with van der Waals surface area (Å²) in [6, 6.07) is 0. The quantitative estimate of drug-likeness (QED) is 0.650. The maximum absolute atomic E-state index is 5.13. The van der Waals surface area contributed by atoms with Crippen LogP contribution in [0.2, 0.25) is 0 Å². The number of thiazole rings is 1. The minimum atomic E-state index is 0.709. The van der Waals surface area contributed by atoms with E-state index in [2.05, 4.69) is 16.2 Å². The molecule has 0 fully saturated rings. The van der Waals surface area contributed by atoms with Gasteiger partial charge in [-0.05, 0) is 12.8 Å². The molecule has 52 valence electrons. The summed E-state index contributed by atoms with van der Waals surface area (Å²) in [7, 11) is 0. The third kappa shape index (κ3) is 1.49. The topological polar surface area (TPSA) is 24.9 Å². The maximum atomic E-state index is 5.13. The molecule has 0 bridgehead atoms. The fraction of sp³-hybridized carbons (Fsp3) is 0.286. The van der Waals surface area contributed by atoms with Crippen LogP contribution in [0.15, 0.2) is 5.38 Å². The summed E-state index contributed by atoms with van der Waals surface area (Å²) < 4.78 is 0. The van der Waals surface area contributed by atoms with Crippen LogP contribution in [0, 0.1) is 12.3 Å². The Bertz CT molecular complexity index is 246. The minimum absolute atomic E-state index is 0.709. The molecule has 1 rings (SSSR count). The second kappa shape index (κ2) is 3.23. The Morgan fingerprint density at radius 1 is 1.90 bits per heavy atom. The maximum Gasteiger partial charge on any atom is 0.183 e. The van der Waals surface area contributed by atoms with Crippen molar-refractivity contribution in [2.45, 2.75) is 6.92 Å². The highest BCUT2D eigenvalue weighted by molar-refractivity contribution is 7.13. The summed E-state index contributed by atoms with van der Waals surface area (Å²) >= 11 is 1.53. The molecule has 0 amide bonds. The van der Waals surface area contributed by atoms with Crippen LogP contribution >= 0.6 is 11.3 Å². The first kappa shape index (κ1) is 7.10. The van der Waals surface area contributed by atoms with E-state index in [0.717, 1.165) is 11.7 Å². The lowest BCUT2D eigenvalue weighted by Gasteiger charge is -1.92. The molecule has 0 aliphatic rings. The average Bonchev–Trinajstić information content (AvgIpc) is 2.37. The van der Waals surface area contributed by atoms with Gasteiger partial charge in [0, 0.05) is 11.9 Å². The van der Waals surface area contributed by atoms with Crippen molar-refractivity contribution in [3.05, 3.63) is 11.1 Å². The van der Waals surface area contributed by atoms with Gasteiger partial charge in [0.2, 0.25) is 0 Å². The number of nitrogens with zero attached hydrogens (tertiary/aromatic N) is 1. The summed E-state index contributed by atoms with van der Waals surface area (Å²) in [6.07, 6.45) is 5.13. The predicted molar refractivity (Wildman–Crippen MR) is 44.2 cm³/mol. The molecule has 0 aliphatic carbocycles. The van der Waals surface area contributed by atoms with Crippen molar-refractivity contribution < 1.29 is 0 Å². The number of anilines is 1. The first-order valence-corrected chi connectivity index (χ1v) is 3.90. The van der Waals surface area contributed by atoms with Gasteiger partial charge in [0.25, 0.3) is 0 Å². The molecule has 2 nitrogen and oxygen atoms in total. The van der Waals surface area contributed by atoms with Crippen molar-refractivity contribution in [2.75, 3.05) is 11.9 Å². The van der Waals surface area contributed by atoms with E-state index in [1.165, 1.54) is 11.3 Å². The minimum Gasteiger partial charge on any atom is -0.362 e. The molecule has 0 atom stereocenters. The van der Waals surface area contributed by atoms with Gasteiger partial charge in [-0.25, -0.2) is 4.98 Å². The number of rotatable bonds is 2. The van der Waals surface area contributed by atoms with Gasteiger partial charge in [-0.15, -0.1) is 17.8 Å². The zero-order valence-electron chi connectivity index (χ0n) is 5.72. The van der Waals surface area contributed by atoms with Crippen LogP contribution in [0.1, 0.15) is 12.6 Å². The second-order valence-electron chi connectivity index (χ2n) is 1.71. The fourth-order valence-corrected chi connectivity index (χ4v) is 1.30. The molecule has 10 heavy (non-hydrogen) atoms. The van der Waals surface area contributed by atoms with Crippen molar-refractivity contribution in [2.24, 2.45) is 0 Å². The van der Waals surface area contributed by atoms with Crippen LogP contribution in [0.3, 0.4) is 0 Å². The molecule has 1 N–H and O–H groups in total. The van der Waals surface area contributed by atoms with Crippen LogP contribution in [0.5, 0.6) is 0 Å². The third-order valence-corrected chi connectivity index (χ3v) is 1.78. The summed E-state index contributed by atoms with van der Waals surface area (Å²) in [5, 5.41) is 5.83. The van der Waals surface area contributed by atoms with Crippen molar-refractivity contribution in [1.82, 2.24) is 4.98 Å². The Kier molecular flexibility index (Phi) is 2.30. The number of nitrogens with one attached hydrogen (secondary N) is 1. The molecular formula is C7H8N2S. The number of hydrogen-bond acceptors (Lipinski definition) is 3. The Labute approximate surface area is 64.3 Å². The number of aromatic nitrogens is 1. The van der Waals surface area contributed by atoms with Gasteiger partial charge in [0.15, 0.2) is 5.13 Å². The zero-order chi connectivity index (χ0) is 7.40. The van der Waals surface area contributed by atoms with E-state index in [-0.39, 0.29) is 0 Å². The van der Waals surface area contributed by atoms with E-state index in [9.17, 15) is 0 Å². The van der Waals surface area contributed by atoms with E-state index >= 15 is 0 Å². The summed E-state index contributed by atoms with van der Waals surface area (Å²) in [6.45, 7) is 2.91. The molecule has 0 spiro atoms. The monoisotopic (exact) mass is 152 g/mol. The van der Waals surface area contributed by atoms with Gasteiger partial charge in [-0.1, -0.05) is 0 Å². The molecule has 0 saturated heterocycles. The van der Waals surface area contributed by atoms with Crippen LogP contribution < -0.4 is 5.32 Å².